The molecule has 0 amide bonds. The van der Waals surface area contributed by atoms with Gasteiger partial charge in [-0.3, -0.25) is 0 Å². The number of alkyl halides is 3. The zero-order chi connectivity index (χ0) is 22.5. The van der Waals surface area contributed by atoms with Crippen molar-refractivity contribution in [2.45, 2.75) is 38.8 Å². The molecule has 2 unspecified atom stereocenters. The van der Waals surface area contributed by atoms with Crippen LogP contribution in [0, 0.1) is 17.2 Å². The summed E-state index contributed by atoms with van der Waals surface area (Å²) in [6.45, 7) is 1.48. The van der Waals surface area contributed by atoms with E-state index in [0.717, 1.165) is 13.2 Å². The van der Waals surface area contributed by atoms with E-state index in [2.05, 4.69) is 14.6 Å². The van der Waals surface area contributed by atoms with Crippen LogP contribution in [0.4, 0.5) is 13.2 Å². The lowest BCUT2D eigenvalue weighted by atomic mass is 9.80. The quantitative estimate of drug-likeness (QED) is 0.495. The largest absolute Gasteiger partial charge is 0.466 e. The van der Waals surface area contributed by atoms with Crippen molar-refractivity contribution in [3.8, 4) is 6.07 Å². The Kier molecular flexibility index (Phi) is 8.05. The molecule has 2 rings (SSSR count). The number of nitriles is 1. The van der Waals surface area contributed by atoms with Crippen LogP contribution in [0.5, 0.6) is 0 Å². The fraction of sp³-hybridized carbons (Fsp3) is 0.429. The number of hydrogen-bond acceptors (Lipinski definition) is 5. The second kappa shape index (κ2) is 10.1. The van der Waals surface area contributed by atoms with Gasteiger partial charge in [-0.1, -0.05) is 18.2 Å². The highest BCUT2D eigenvalue weighted by molar-refractivity contribution is 7.22. The summed E-state index contributed by atoms with van der Waals surface area (Å²) in [5.41, 5.74) is 0.181. The molecule has 2 aliphatic rings. The summed E-state index contributed by atoms with van der Waals surface area (Å²) in [6.07, 6.45) is -0.0770. The standard InChI is InChI=1S/C21H24F3N2O3P/c1-12-13(11-25)10-16(19(20(28)29-2)18(26-12)4-3-9-27)15-7-5-14(30)6-8-17(15)21(22,23)24/h5,7-8,16,26-27H,3-4,6,9-10,30H2,1-2H3. The fourth-order valence-corrected chi connectivity index (χ4v) is 3.75. The molecule has 0 spiro atoms. The lowest BCUT2D eigenvalue weighted by molar-refractivity contribution is -0.136. The summed E-state index contributed by atoms with van der Waals surface area (Å²) >= 11 is 0. The third-order valence-corrected chi connectivity index (χ3v) is 5.44. The fourth-order valence-electron chi connectivity index (χ4n) is 3.54. The molecule has 9 heteroatoms. The molecule has 1 aliphatic carbocycles. The van der Waals surface area contributed by atoms with Crippen molar-refractivity contribution < 1.29 is 27.8 Å². The maximum Gasteiger partial charge on any atom is 0.416 e. The average molecular weight is 440 g/mol. The second-order valence-electron chi connectivity index (χ2n) is 6.99. The lowest BCUT2D eigenvalue weighted by Gasteiger charge is -2.25. The Hall–Kier alpha value is -2.36. The van der Waals surface area contributed by atoms with Gasteiger partial charge in [-0.05, 0) is 43.5 Å². The topological polar surface area (TPSA) is 82.3 Å². The van der Waals surface area contributed by atoms with Crippen LogP contribution < -0.4 is 5.32 Å². The van der Waals surface area contributed by atoms with Crippen LogP contribution in [0.2, 0.25) is 0 Å². The Balaban J connectivity index is 2.77. The van der Waals surface area contributed by atoms with Crippen molar-refractivity contribution in [2.75, 3.05) is 13.7 Å². The van der Waals surface area contributed by atoms with E-state index in [0.29, 0.717) is 23.1 Å². The third-order valence-electron chi connectivity index (χ3n) is 5.01. The third kappa shape index (κ3) is 5.41. The number of carbonyl (C=O) groups is 1. The highest BCUT2D eigenvalue weighted by Gasteiger charge is 2.42. The summed E-state index contributed by atoms with van der Waals surface area (Å²) in [6, 6.07) is 2.04. The van der Waals surface area contributed by atoms with Crippen molar-refractivity contribution in [1.82, 2.24) is 5.32 Å². The van der Waals surface area contributed by atoms with Gasteiger partial charge >= 0.3 is 12.1 Å². The SMILES string of the molecule is COC(=O)C1=C(CCCO)NC(C)=C(C#N)CC1C1=CC=C(P)CC=C1C(F)(F)F. The maximum atomic E-state index is 13.9. The number of nitrogens with zero attached hydrogens (tertiary/aromatic N) is 1. The van der Waals surface area contributed by atoms with Crippen LogP contribution in [-0.2, 0) is 9.53 Å². The number of hydrogen-bond donors (Lipinski definition) is 2. The minimum atomic E-state index is -4.63. The molecule has 2 N–H and O–H groups in total. The zero-order valence-corrected chi connectivity index (χ0v) is 17.9. The summed E-state index contributed by atoms with van der Waals surface area (Å²) in [7, 11) is 3.56. The zero-order valence-electron chi connectivity index (χ0n) is 16.8. The Labute approximate surface area is 175 Å². The van der Waals surface area contributed by atoms with E-state index < -0.39 is 23.6 Å². The molecule has 0 bridgehead atoms. The normalized spacial score (nSPS) is 20.3. The van der Waals surface area contributed by atoms with Crippen LogP contribution in [0.25, 0.3) is 0 Å². The number of ether oxygens (including phenoxy) is 1. The van der Waals surface area contributed by atoms with Crippen molar-refractivity contribution in [2.24, 2.45) is 5.92 Å². The summed E-state index contributed by atoms with van der Waals surface area (Å²) in [5.74, 6) is -1.81. The van der Waals surface area contributed by atoms with E-state index in [1.165, 1.54) is 6.08 Å². The van der Waals surface area contributed by atoms with Gasteiger partial charge in [0.05, 0.1) is 24.3 Å². The van der Waals surface area contributed by atoms with Gasteiger partial charge < -0.3 is 15.2 Å². The number of nitrogens with one attached hydrogen (secondary N) is 1. The molecule has 0 fully saturated rings. The van der Waals surface area contributed by atoms with Gasteiger partial charge in [0.1, 0.15) is 0 Å². The minimum absolute atomic E-state index is 0.0394. The van der Waals surface area contributed by atoms with Crippen molar-refractivity contribution in [3.05, 3.63) is 57.2 Å². The highest BCUT2D eigenvalue weighted by atomic mass is 31.0. The van der Waals surface area contributed by atoms with Gasteiger partial charge in [0.2, 0.25) is 0 Å². The monoisotopic (exact) mass is 440 g/mol. The first-order valence-corrected chi connectivity index (χ1v) is 9.94. The Morgan fingerprint density at radius 2 is 2.13 bits per heavy atom. The van der Waals surface area contributed by atoms with Crippen LogP contribution >= 0.6 is 9.24 Å². The maximum absolute atomic E-state index is 13.9. The molecule has 0 saturated heterocycles. The van der Waals surface area contributed by atoms with E-state index in [1.54, 1.807) is 13.0 Å². The van der Waals surface area contributed by atoms with Crippen LogP contribution in [0.1, 0.15) is 32.6 Å². The minimum Gasteiger partial charge on any atom is -0.466 e. The first kappa shape index (κ1) is 23.9. The van der Waals surface area contributed by atoms with E-state index in [4.69, 9.17) is 4.74 Å². The average Bonchev–Trinajstić information content (AvgIpc) is 2.97. The molecule has 0 radical (unpaired) electrons. The van der Waals surface area contributed by atoms with Crippen LogP contribution in [-0.4, -0.2) is 31.0 Å². The second-order valence-corrected chi connectivity index (χ2v) is 7.73. The van der Waals surface area contributed by atoms with Crippen LogP contribution in [0.3, 0.4) is 0 Å². The number of halogens is 3. The van der Waals surface area contributed by atoms with E-state index in [-0.39, 0.29) is 42.6 Å². The molecule has 0 aromatic rings. The number of aliphatic hydroxyl groups excluding tert-OH is 1. The van der Waals surface area contributed by atoms with E-state index >= 15 is 0 Å². The molecule has 5 nitrogen and oxygen atoms in total. The smallest absolute Gasteiger partial charge is 0.416 e. The molecule has 2 atom stereocenters. The predicted molar refractivity (Wildman–Crippen MR) is 110 cm³/mol. The number of esters is 1. The highest BCUT2D eigenvalue weighted by Crippen LogP contribution is 2.44. The molecule has 30 heavy (non-hydrogen) atoms. The number of rotatable bonds is 5. The Morgan fingerprint density at radius 1 is 1.43 bits per heavy atom. The van der Waals surface area contributed by atoms with E-state index in [9.17, 15) is 28.3 Å². The van der Waals surface area contributed by atoms with Crippen molar-refractivity contribution in [1.29, 1.82) is 5.26 Å². The first-order valence-electron chi connectivity index (χ1n) is 9.37. The van der Waals surface area contributed by atoms with Gasteiger partial charge in [0.25, 0.3) is 0 Å². The summed E-state index contributed by atoms with van der Waals surface area (Å²) in [5, 5.41) is 22.5. The van der Waals surface area contributed by atoms with Gasteiger partial charge in [0.15, 0.2) is 0 Å². The molecular formula is C21H24F3N2O3P. The van der Waals surface area contributed by atoms with Gasteiger partial charge in [-0.2, -0.15) is 18.4 Å². The molecule has 1 aliphatic heterocycles. The molecule has 0 aromatic carbocycles. The van der Waals surface area contributed by atoms with Gasteiger partial charge in [-0.25, -0.2) is 4.79 Å². The predicted octanol–water partition coefficient (Wildman–Crippen LogP) is 4.17. The summed E-state index contributed by atoms with van der Waals surface area (Å²) < 4.78 is 46.7. The molecule has 0 aromatic heterocycles. The molecule has 1 heterocycles. The molecule has 0 saturated carbocycles. The number of carbonyl (C=O) groups excluding carboxylic acids is 1. The van der Waals surface area contributed by atoms with E-state index in [1.807, 2.05) is 6.07 Å². The number of allylic oxidation sites excluding steroid dienone is 9. The lowest BCUT2D eigenvalue weighted by Crippen LogP contribution is -2.25. The number of aliphatic hydroxyl groups is 1. The van der Waals surface area contributed by atoms with Gasteiger partial charge in [0, 0.05) is 29.5 Å². The van der Waals surface area contributed by atoms with Crippen molar-refractivity contribution >= 4 is 15.2 Å². The molecular weight excluding hydrogens is 416 g/mol. The van der Waals surface area contributed by atoms with Crippen molar-refractivity contribution in [3.63, 3.8) is 0 Å². The Morgan fingerprint density at radius 3 is 2.70 bits per heavy atom. The molecule has 162 valence electrons. The van der Waals surface area contributed by atoms with Crippen LogP contribution in [0.15, 0.2) is 57.2 Å². The first-order chi connectivity index (χ1) is 14.1. The van der Waals surface area contributed by atoms with Gasteiger partial charge in [-0.15, -0.1) is 9.24 Å². The summed E-state index contributed by atoms with van der Waals surface area (Å²) in [4.78, 5) is 12.7. The number of methoxy groups -OCH3 is 1. The Bertz CT molecular complexity index is 905.